The van der Waals surface area contributed by atoms with Crippen molar-refractivity contribution in [3.8, 4) is 5.75 Å². The van der Waals surface area contributed by atoms with Gasteiger partial charge in [-0.05, 0) is 29.8 Å². The molecule has 0 spiro atoms. The summed E-state index contributed by atoms with van der Waals surface area (Å²) in [5, 5.41) is 4.54. The zero-order valence-corrected chi connectivity index (χ0v) is 12.7. The Morgan fingerprint density at radius 1 is 1.23 bits per heavy atom. The summed E-state index contributed by atoms with van der Waals surface area (Å²) in [5.74, 6) is -0.491. The van der Waals surface area contributed by atoms with Gasteiger partial charge in [0.05, 0.1) is 11.2 Å². The molecule has 0 saturated heterocycles. The van der Waals surface area contributed by atoms with Gasteiger partial charge in [-0.25, -0.2) is 9.82 Å². The maximum atomic E-state index is 12.7. The molecule has 7 heteroatoms. The first kappa shape index (κ1) is 16.3. The Bertz CT molecular complexity index is 690. The van der Waals surface area contributed by atoms with E-state index in [0.717, 1.165) is 0 Å². The van der Waals surface area contributed by atoms with Crippen LogP contribution in [0, 0.1) is 5.82 Å². The number of hydrogen-bond acceptors (Lipinski definition) is 3. The average molecular weight is 341 g/mol. The molecule has 0 atom stereocenters. The van der Waals surface area contributed by atoms with Crippen LogP contribution in [0.25, 0.3) is 0 Å². The van der Waals surface area contributed by atoms with Crippen LogP contribution in [0.3, 0.4) is 0 Å². The Kier molecular flexibility index (Phi) is 5.75. The molecule has 0 fully saturated rings. The fourth-order valence-corrected chi connectivity index (χ4v) is 1.83. The van der Waals surface area contributed by atoms with Gasteiger partial charge in [-0.15, -0.1) is 0 Å². The Balaban J connectivity index is 1.83. The van der Waals surface area contributed by atoms with Crippen molar-refractivity contribution >= 4 is 35.3 Å². The molecule has 0 unspecified atom stereocenters. The lowest BCUT2D eigenvalue weighted by atomic mass is 10.2. The van der Waals surface area contributed by atoms with E-state index in [9.17, 15) is 9.18 Å². The van der Waals surface area contributed by atoms with Gasteiger partial charge in [-0.3, -0.25) is 4.79 Å². The molecule has 2 aromatic carbocycles. The van der Waals surface area contributed by atoms with E-state index in [4.69, 9.17) is 27.9 Å². The Morgan fingerprint density at radius 3 is 2.68 bits per heavy atom. The Morgan fingerprint density at radius 2 is 1.95 bits per heavy atom. The molecular formula is C15H11Cl2FN2O2. The van der Waals surface area contributed by atoms with Crippen molar-refractivity contribution in [2.75, 3.05) is 6.61 Å². The van der Waals surface area contributed by atoms with Crippen LogP contribution in [0.1, 0.15) is 5.56 Å². The van der Waals surface area contributed by atoms with Gasteiger partial charge >= 0.3 is 0 Å². The number of hydrogen-bond donors (Lipinski definition) is 1. The molecule has 4 nitrogen and oxygen atoms in total. The first-order valence-corrected chi connectivity index (χ1v) is 6.95. The van der Waals surface area contributed by atoms with Gasteiger partial charge < -0.3 is 4.74 Å². The van der Waals surface area contributed by atoms with E-state index in [1.54, 1.807) is 12.1 Å². The van der Waals surface area contributed by atoms with Crippen molar-refractivity contribution < 1.29 is 13.9 Å². The standard InChI is InChI=1S/C15H11Cl2FN2O2/c16-11-3-6-13(17)14(7-11)22-9-15(21)20-19-8-10-1-4-12(18)5-2-10/h1-8H,9H2,(H,20,21)/b19-8+. The van der Waals surface area contributed by atoms with Crippen LogP contribution in [0.4, 0.5) is 4.39 Å². The SMILES string of the molecule is O=C(COc1cc(Cl)ccc1Cl)N/N=C/c1ccc(F)cc1. The second-order valence-corrected chi connectivity index (χ2v) is 5.05. The number of nitrogens with one attached hydrogen (secondary N) is 1. The van der Waals surface area contributed by atoms with E-state index in [1.165, 1.54) is 36.5 Å². The maximum absolute atomic E-state index is 12.7. The Hall–Kier alpha value is -2.11. The maximum Gasteiger partial charge on any atom is 0.277 e. The number of amides is 1. The van der Waals surface area contributed by atoms with Crippen LogP contribution in [0.15, 0.2) is 47.6 Å². The molecule has 0 aromatic heterocycles. The molecule has 0 saturated carbocycles. The third-order valence-corrected chi connectivity index (χ3v) is 3.07. The minimum atomic E-state index is -0.464. The number of hydrazone groups is 1. The second kappa shape index (κ2) is 7.77. The van der Waals surface area contributed by atoms with Crippen LogP contribution in [0.2, 0.25) is 10.0 Å². The van der Waals surface area contributed by atoms with Gasteiger partial charge in [-0.2, -0.15) is 5.10 Å². The quantitative estimate of drug-likeness (QED) is 0.667. The van der Waals surface area contributed by atoms with E-state index in [2.05, 4.69) is 10.5 Å². The zero-order chi connectivity index (χ0) is 15.9. The largest absolute Gasteiger partial charge is 0.482 e. The van der Waals surface area contributed by atoms with Crippen molar-refractivity contribution in [2.45, 2.75) is 0 Å². The number of nitrogens with zero attached hydrogens (tertiary/aromatic N) is 1. The molecule has 0 heterocycles. The normalized spacial score (nSPS) is 10.7. The van der Waals surface area contributed by atoms with Gasteiger partial charge in [0.15, 0.2) is 6.61 Å². The molecular weight excluding hydrogens is 330 g/mol. The van der Waals surface area contributed by atoms with Crippen molar-refractivity contribution in [2.24, 2.45) is 5.10 Å². The highest BCUT2D eigenvalue weighted by atomic mass is 35.5. The third-order valence-electron chi connectivity index (χ3n) is 2.52. The lowest BCUT2D eigenvalue weighted by Gasteiger charge is -2.07. The van der Waals surface area contributed by atoms with E-state index in [0.29, 0.717) is 21.4 Å². The summed E-state index contributed by atoms with van der Waals surface area (Å²) < 4.78 is 18.0. The fourth-order valence-electron chi connectivity index (χ4n) is 1.49. The van der Waals surface area contributed by atoms with E-state index in [1.807, 2.05) is 0 Å². The minimum Gasteiger partial charge on any atom is -0.482 e. The van der Waals surface area contributed by atoms with E-state index in [-0.39, 0.29) is 12.4 Å². The van der Waals surface area contributed by atoms with Crippen LogP contribution < -0.4 is 10.2 Å². The van der Waals surface area contributed by atoms with Gasteiger partial charge in [0.2, 0.25) is 0 Å². The molecule has 2 aromatic rings. The molecule has 0 radical (unpaired) electrons. The number of halogens is 3. The molecule has 0 bridgehead atoms. The fraction of sp³-hybridized carbons (Fsp3) is 0.0667. The predicted molar refractivity (Wildman–Crippen MR) is 84.1 cm³/mol. The molecule has 114 valence electrons. The molecule has 22 heavy (non-hydrogen) atoms. The monoisotopic (exact) mass is 340 g/mol. The summed E-state index contributed by atoms with van der Waals surface area (Å²) in [4.78, 5) is 11.6. The van der Waals surface area contributed by atoms with Crippen LogP contribution in [-0.2, 0) is 4.79 Å². The summed E-state index contributed by atoms with van der Waals surface area (Å²) in [6.45, 7) is -0.263. The Labute approximate surface area is 136 Å². The van der Waals surface area contributed by atoms with Crippen LogP contribution >= 0.6 is 23.2 Å². The molecule has 2 rings (SSSR count). The van der Waals surface area contributed by atoms with Gasteiger partial charge in [0, 0.05) is 11.1 Å². The topological polar surface area (TPSA) is 50.7 Å². The van der Waals surface area contributed by atoms with Gasteiger partial charge in [0.1, 0.15) is 11.6 Å². The summed E-state index contributed by atoms with van der Waals surface area (Å²) in [6.07, 6.45) is 1.39. The lowest BCUT2D eigenvalue weighted by molar-refractivity contribution is -0.123. The second-order valence-electron chi connectivity index (χ2n) is 4.21. The predicted octanol–water partition coefficient (Wildman–Crippen LogP) is 3.66. The number of rotatable bonds is 5. The number of benzene rings is 2. The molecule has 0 aliphatic carbocycles. The zero-order valence-electron chi connectivity index (χ0n) is 11.2. The van der Waals surface area contributed by atoms with Crippen LogP contribution in [-0.4, -0.2) is 18.7 Å². The summed E-state index contributed by atoms with van der Waals surface area (Å²) >= 11 is 11.7. The van der Waals surface area contributed by atoms with Crippen LogP contribution in [0.5, 0.6) is 5.75 Å². The van der Waals surface area contributed by atoms with Crippen molar-refractivity contribution in [3.05, 3.63) is 63.9 Å². The van der Waals surface area contributed by atoms with Crippen molar-refractivity contribution in [1.82, 2.24) is 5.43 Å². The summed E-state index contributed by atoms with van der Waals surface area (Å²) in [5.41, 5.74) is 2.94. The third kappa shape index (κ3) is 5.02. The number of carbonyl (C=O) groups excluding carboxylic acids is 1. The number of ether oxygens (including phenoxy) is 1. The first-order chi connectivity index (χ1) is 10.5. The molecule has 1 N–H and O–H groups in total. The molecule has 1 amide bonds. The van der Waals surface area contributed by atoms with E-state index >= 15 is 0 Å². The highest BCUT2D eigenvalue weighted by Crippen LogP contribution is 2.27. The number of carbonyl (C=O) groups is 1. The lowest BCUT2D eigenvalue weighted by Crippen LogP contribution is -2.24. The van der Waals surface area contributed by atoms with Gasteiger partial charge in [-0.1, -0.05) is 35.3 Å². The minimum absolute atomic E-state index is 0.263. The summed E-state index contributed by atoms with van der Waals surface area (Å²) in [6, 6.07) is 10.4. The highest BCUT2D eigenvalue weighted by molar-refractivity contribution is 6.34. The van der Waals surface area contributed by atoms with Crippen molar-refractivity contribution in [1.29, 1.82) is 0 Å². The highest BCUT2D eigenvalue weighted by Gasteiger charge is 2.06. The molecule has 0 aliphatic rings. The smallest absolute Gasteiger partial charge is 0.277 e. The molecule has 0 aliphatic heterocycles. The first-order valence-electron chi connectivity index (χ1n) is 6.20. The average Bonchev–Trinajstić information content (AvgIpc) is 2.50. The van der Waals surface area contributed by atoms with Gasteiger partial charge in [0.25, 0.3) is 5.91 Å². The van der Waals surface area contributed by atoms with Crippen molar-refractivity contribution in [3.63, 3.8) is 0 Å². The van der Waals surface area contributed by atoms with E-state index < -0.39 is 5.91 Å². The summed E-state index contributed by atoms with van der Waals surface area (Å²) in [7, 11) is 0.